The van der Waals surface area contributed by atoms with Gasteiger partial charge in [-0.15, -0.1) is 0 Å². The topological polar surface area (TPSA) is 87.0 Å². The number of nitrogens with one attached hydrogen (secondary N) is 1. The molecule has 174 valence electrons. The van der Waals surface area contributed by atoms with Gasteiger partial charge in [0.15, 0.2) is 0 Å². The third-order valence-electron chi connectivity index (χ3n) is 5.85. The molecule has 1 fully saturated rings. The van der Waals surface area contributed by atoms with Crippen molar-refractivity contribution in [1.29, 1.82) is 0 Å². The summed E-state index contributed by atoms with van der Waals surface area (Å²) in [5.41, 5.74) is 4.73. The van der Waals surface area contributed by atoms with Gasteiger partial charge in [-0.25, -0.2) is 14.3 Å². The standard InChI is InChI=1S/C24H31BN4O4/c1-15-10-17(8-9-18(15)12-26-22(30)31-23(3,4)5)21-20-11-19(13-29(20)28-14-27-21)25-32-16(2)24(6,7)33-25/h8-11,13-14,16H,12H2,1-7H3,(H,26,30). The molecule has 0 spiro atoms. The second-order valence-electron chi connectivity index (χ2n) is 10.0. The minimum atomic E-state index is -0.528. The highest BCUT2D eigenvalue weighted by molar-refractivity contribution is 6.62. The van der Waals surface area contributed by atoms with Gasteiger partial charge in [0, 0.05) is 23.8 Å². The summed E-state index contributed by atoms with van der Waals surface area (Å²) in [6.07, 6.45) is 3.02. The Kier molecular flexibility index (Phi) is 5.96. The Morgan fingerprint density at radius 1 is 1.30 bits per heavy atom. The van der Waals surface area contributed by atoms with E-state index in [2.05, 4.69) is 21.5 Å². The Labute approximate surface area is 194 Å². The fourth-order valence-electron chi connectivity index (χ4n) is 3.72. The van der Waals surface area contributed by atoms with E-state index in [1.54, 1.807) is 10.8 Å². The van der Waals surface area contributed by atoms with E-state index < -0.39 is 18.8 Å². The molecule has 1 unspecified atom stereocenters. The first-order valence-corrected chi connectivity index (χ1v) is 11.2. The largest absolute Gasteiger partial charge is 0.496 e. The van der Waals surface area contributed by atoms with Gasteiger partial charge in [0.2, 0.25) is 0 Å². The molecule has 2 aromatic heterocycles. The van der Waals surface area contributed by atoms with Crippen LogP contribution in [0.25, 0.3) is 16.8 Å². The Hall–Kier alpha value is -2.91. The summed E-state index contributed by atoms with van der Waals surface area (Å²) in [5.74, 6) is 0. The number of carbonyl (C=O) groups is 1. The fourth-order valence-corrected chi connectivity index (χ4v) is 3.72. The average molecular weight is 450 g/mol. The summed E-state index contributed by atoms with van der Waals surface area (Å²) in [6, 6.07) is 8.08. The minimum absolute atomic E-state index is 0.0134. The van der Waals surface area contributed by atoms with E-state index in [9.17, 15) is 4.79 Å². The normalized spacial score (nSPS) is 18.0. The smallest absolute Gasteiger partial charge is 0.444 e. The number of aryl methyl sites for hydroxylation is 1. The van der Waals surface area contributed by atoms with Crippen molar-refractivity contribution in [1.82, 2.24) is 19.9 Å². The van der Waals surface area contributed by atoms with E-state index >= 15 is 0 Å². The zero-order chi connectivity index (χ0) is 24.0. The van der Waals surface area contributed by atoms with Gasteiger partial charge in [0.05, 0.1) is 22.9 Å². The molecule has 9 heteroatoms. The van der Waals surface area contributed by atoms with E-state index in [4.69, 9.17) is 14.0 Å². The molecule has 3 aromatic rings. The quantitative estimate of drug-likeness (QED) is 0.611. The van der Waals surface area contributed by atoms with Crippen LogP contribution in [0, 0.1) is 6.92 Å². The lowest BCUT2D eigenvalue weighted by molar-refractivity contribution is 0.0523. The van der Waals surface area contributed by atoms with Gasteiger partial charge in [0.1, 0.15) is 11.9 Å². The highest BCUT2D eigenvalue weighted by atomic mass is 16.7. The van der Waals surface area contributed by atoms with Crippen LogP contribution in [0.5, 0.6) is 0 Å². The van der Waals surface area contributed by atoms with Crippen LogP contribution in [0.4, 0.5) is 4.79 Å². The third-order valence-corrected chi connectivity index (χ3v) is 5.85. The second kappa shape index (κ2) is 8.46. The van der Waals surface area contributed by atoms with Crippen LogP contribution in [0.3, 0.4) is 0 Å². The maximum Gasteiger partial charge on any atom is 0.496 e. The zero-order valence-electron chi connectivity index (χ0n) is 20.3. The number of rotatable bonds is 4. The molecule has 1 N–H and O–H groups in total. The van der Waals surface area contributed by atoms with E-state index in [1.807, 2.05) is 72.9 Å². The lowest BCUT2D eigenvalue weighted by Crippen LogP contribution is -2.34. The number of alkyl carbamates (subject to hydrolysis) is 1. The molecule has 3 heterocycles. The molecule has 1 aliphatic rings. The summed E-state index contributed by atoms with van der Waals surface area (Å²) >= 11 is 0. The molecule has 1 amide bonds. The number of benzene rings is 1. The van der Waals surface area contributed by atoms with Crippen molar-refractivity contribution in [2.45, 2.75) is 72.3 Å². The number of hydrogen-bond acceptors (Lipinski definition) is 6. The maximum atomic E-state index is 12.0. The maximum absolute atomic E-state index is 12.0. The van der Waals surface area contributed by atoms with Gasteiger partial charge in [-0.05, 0) is 71.7 Å². The zero-order valence-corrected chi connectivity index (χ0v) is 20.3. The van der Waals surface area contributed by atoms with Crippen molar-refractivity contribution in [3.8, 4) is 11.3 Å². The van der Waals surface area contributed by atoms with Gasteiger partial charge in [-0.2, -0.15) is 5.10 Å². The molecule has 33 heavy (non-hydrogen) atoms. The molecule has 1 aromatic carbocycles. The van der Waals surface area contributed by atoms with Gasteiger partial charge in [-0.3, -0.25) is 0 Å². The summed E-state index contributed by atoms with van der Waals surface area (Å²) in [6.45, 7) is 14.0. The summed E-state index contributed by atoms with van der Waals surface area (Å²) in [5, 5.41) is 7.18. The summed E-state index contributed by atoms with van der Waals surface area (Å²) in [4.78, 5) is 16.5. The van der Waals surface area contributed by atoms with Crippen LogP contribution in [-0.2, 0) is 20.6 Å². The molecule has 0 radical (unpaired) electrons. The van der Waals surface area contributed by atoms with Crippen LogP contribution < -0.4 is 10.8 Å². The Balaban J connectivity index is 1.56. The fraction of sp³-hybridized carbons (Fsp3) is 0.458. The number of nitrogens with zero attached hydrogens (tertiary/aromatic N) is 3. The first-order chi connectivity index (χ1) is 15.4. The Morgan fingerprint density at radius 3 is 2.70 bits per heavy atom. The van der Waals surface area contributed by atoms with Gasteiger partial charge in [0.25, 0.3) is 0 Å². The molecule has 0 aliphatic carbocycles. The Bertz CT molecular complexity index is 1180. The van der Waals surface area contributed by atoms with Crippen LogP contribution in [0.1, 0.15) is 52.7 Å². The number of aromatic nitrogens is 3. The second-order valence-corrected chi connectivity index (χ2v) is 10.0. The molecule has 0 saturated carbocycles. The first-order valence-electron chi connectivity index (χ1n) is 11.2. The van der Waals surface area contributed by atoms with Gasteiger partial charge < -0.3 is 19.4 Å². The van der Waals surface area contributed by atoms with Crippen molar-refractivity contribution in [3.63, 3.8) is 0 Å². The first kappa shape index (κ1) is 23.3. The monoisotopic (exact) mass is 450 g/mol. The van der Waals surface area contributed by atoms with Gasteiger partial charge >= 0.3 is 13.2 Å². The van der Waals surface area contributed by atoms with Crippen LogP contribution in [-0.4, -0.2) is 45.1 Å². The van der Waals surface area contributed by atoms with Crippen LogP contribution >= 0.6 is 0 Å². The predicted octanol–water partition coefficient (Wildman–Crippen LogP) is 3.64. The molecule has 1 saturated heterocycles. The number of ether oxygens (including phenoxy) is 1. The molecule has 0 bridgehead atoms. The van der Waals surface area contributed by atoms with Crippen molar-refractivity contribution in [2.75, 3.05) is 0 Å². The minimum Gasteiger partial charge on any atom is -0.444 e. The lowest BCUT2D eigenvalue weighted by atomic mass is 9.81. The third kappa shape index (κ3) is 5.04. The number of fused-ring (bicyclic) bond motifs is 1. The molecule has 8 nitrogen and oxygen atoms in total. The van der Waals surface area contributed by atoms with Crippen molar-refractivity contribution in [2.24, 2.45) is 0 Å². The van der Waals surface area contributed by atoms with Crippen molar-refractivity contribution in [3.05, 3.63) is 47.9 Å². The van der Waals surface area contributed by atoms with E-state index in [1.165, 1.54) is 0 Å². The molecule has 1 atom stereocenters. The van der Waals surface area contributed by atoms with E-state index in [0.717, 1.165) is 33.4 Å². The SMILES string of the molecule is Cc1cc(-c2ncnn3cc(B4OC(C)C(C)(C)O4)cc23)ccc1CNC(=O)OC(C)(C)C. The van der Waals surface area contributed by atoms with Crippen molar-refractivity contribution >= 4 is 24.2 Å². The van der Waals surface area contributed by atoms with Crippen molar-refractivity contribution < 1.29 is 18.8 Å². The molecule has 4 rings (SSSR count). The average Bonchev–Trinajstić information content (AvgIpc) is 3.26. The number of hydrogen-bond donors (Lipinski definition) is 1. The molecular weight excluding hydrogens is 419 g/mol. The highest BCUT2D eigenvalue weighted by Gasteiger charge is 2.44. The number of amides is 1. The summed E-state index contributed by atoms with van der Waals surface area (Å²) in [7, 11) is -0.437. The highest BCUT2D eigenvalue weighted by Crippen LogP contribution is 2.28. The predicted molar refractivity (Wildman–Crippen MR) is 127 cm³/mol. The Morgan fingerprint density at radius 2 is 2.06 bits per heavy atom. The van der Waals surface area contributed by atoms with E-state index in [-0.39, 0.29) is 11.7 Å². The molecular formula is C24H31BN4O4. The van der Waals surface area contributed by atoms with Crippen LogP contribution in [0.15, 0.2) is 36.8 Å². The van der Waals surface area contributed by atoms with E-state index in [0.29, 0.717) is 6.54 Å². The molecule has 1 aliphatic heterocycles. The number of carbonyl (C=O) groups excluding carboxylic acids is 1. The lowest BCUT2D eigenvalue weighted by Gasteiger charge is -2.21. The van der Waals surface area contributed by atoms with Gasteiger partial charge in [-0.1, -0.05) is 12.1 Å². The van der Waals surface area contributed by atoms with Crippen LogP contribution in [0.2, 0.25) is 0 Å². The summed E-state index contributed by atoms with van der Waals surface area (Å²) < 4.78 is 19.2.